The first kappa shape index (κ1) is 23.3. The molecular weight excluding hydrogens is 474 g/mol. The van der Waals surface area contributed by atoms with Gasteiger partial charge in [-0.3, -0.25) is 5.43 Å². The van der Waals surface area contributed by atoms with Crippen LogP contribution in [0.4, 0.5) is 5.13 Å². The van der Waals surface area contributed by atoms with E-state index in [0.717, 1.165) is 16.8 Å². The minimum absolute atomic E-state index is 0.288. The van der Waals surface area contributed by atoms with Crippen molar-refractivity contribution in [2.45, 2.75) is 0 Å². The van der Waals surface area contributed by atoms with Crippen LogP contribution < -0.4 is 19.6 Å². The van der Waals surface area contributed by atoms with E-state index in [-0.39, 0.29) is 5.75 Å². The number of ether oxygens (including phenoxy) is 3. The standard InChI is InChI=1S/C25H20ClN3O4S/c1-31-21-6-4-3-5-19(21)24(30)33-22-12-7-16(13-23(22)32-2)14-27-29-25-28-20(15-34-25)17-8-10-18(26)11-9-17/h3-15H,1-2H3,(H,28,29). The van der Waals surface area contributed by atoms with E-state index in [1.807, 2.05) is 29.6 Å². The van der Waals surface area contributed by atoms with E-state index in [0.29, 0.717) is 27.2 Å². The molecule has 7 nitrogen and oxygen atoms in total. The fraction of sp³-hybridized carbons (Fsp3) is 0.0800. The molecule has 172 valence electrons. The van der Waals surface area contributed by atoms with Crippen molar-refractivity contribution in [3.63, 3.8) is 0 Å². The molecule has 0 aliphatic heterocycles. The van der Waals surface area contributed by atoms with Crippen LogP contribution in [-0.4, -0.2) is 31.4 Å². The molecule has 0 spiro atoms. The van der Waals surface area contributed by atoms with Crippen molar-refractivity contribution in [1.29, 1.82) is 0 Å². The van der Waals surface area contributed by atoms with Crippen LogP contribution in [0.2, 0.25) is 5.02 Å². The summed E-state index contributed by atoms with van der Waals surface area (Å²) >= 11 is 7.38. The fourth-order valence-corrected chi connectivity index (χ4v) is 3.85. The number of hydrazone groups is 1. The number of aromatic nitrogens is 1. The van der Waals surface area contributed by atoms with Crippen LogP contribution in [0.5, 0.6) is 17.2 Å². The summed E-state index contributed by atoms with van der Waals surface area (Å²) in [6.45, 7) is 0. The summed E-state index contributed by atoms with van der Waals surface area (Å²) in [6, 6.07) is 19.5. The van der Waals surface area contributed by atoms with Crippen LogP contribution in [0.25, 0.3) is 11.3 Å². The average Bonchev–Trinajstić information content (AvgIpc) is 3.34. The number of rotatable bonds is 8. The van der Waals surface area contributed by atoms with E-state index in [1.54, 1.807) is 48.7 Å². The Morgan fingerprint density at radius 3 is 2.53 bits per heavy atom. The van der Waals surface area contributed by atoms with Gasteiger partial charge < -0.3 is 14.2 Å². The number of carbonyl (C=O) groups is 1. The second-order valence-electron chi connectivity index (χ2n) is 6.91. The highest BCUT2D eigenvalue weighted by molar-refractivity contribution is 7.14. The smallest absolute Gasteiger partial charge is 0.347 e. The number of hydrogen-bond acceptors (Lipinski definition) is 8. The maximum atomic E-state index is 12.6. The third-order valence-corrected chi connectivity index (χ3v) is 5.73. The minimum atomic E-state index is -0.543. The van der Waals surface area contributed by atoms with Crippen LogP contribution >= 0.6 is 22.9 Å². The predicted molar refractivity (Wildman–Crippen MR) is 135 cm³/mol. The number of nitrogens with zero attached hydrogens (tertiary/aromatic N) is 2. The molecule has 0 aliphatic rings. The number of thiazole rings is 1. The lowest BCUT2D eigenvalue weighted by Gasteiger charge is -2.11. The first-order valence-electron chi connectivity index (χ1n) is 10.1. The number of carbonyl (C=O) groups excluding carboxylic acids is 1. The van der Waals surface area contributed by atoms with Crippen molar-refractivity contribution >= 4 is 40.3 Å². The third-order valence-electron chi connectivity index (χ3n) is 4.74. The molecule has 1 N–H and O–H groups in total. The molecule has 1 aromatic heterocycles. The molecular formula is C25H20ClN3O4S. The van der Waals surface area contributed by atoms with Gasteiger partial charge in [-0.05, 0) is 48.0 Å². The maximum absolute atomic E-state index is 12.6. The number of halogens is 1. The number of para-hydroxylation sites is 1. The highest BCUT2D eigenvalue weighted by atomic mass is 35.5. The summed E-state index contributed by atoms with van der Waals surface area (Å²) in [7, 11) is 3.00. The number of nitrogens with one attached hydrogen (secondary N) is 1. The minimum Gasteiger partial charge on any atom is -0.496 e. The molecule has 0 radical (unpaired) electrons. The van der Waals surface area contributed by atoms with Crippen molar-refractivity contribution < 1.29 is 19.0 Å². The van der Waals surface area contributed by atoms with E-state index >= 15 is 0 Å². The van der Waals surface area contributed by atoms with E-state index in [4.69, 9.17) is 25.8 Å². The fourth-order valence-electron chi connectivity index (χ4n) is 3.06. The molecule has 1 heterocycles. The molecule has 0 saturated carbocycles. The van der Waals surface area contributed by atoms with Gasteiger partial charge in [-0.2, -0.15) is 5.10 Å². The number of hydrogen-bond donors (Lipinski definition) is 1. The summed E-state index contributed by atoms with van der Waals surface area (Å²) in [5.74, 6) is 0.573. The second kappa shape index (κ2) is 10.8. The Morgan fingerprint density at radius 2 is 1.76 bits per heavy atom. The molecule has 34 heavy (non-hydrogen) atoms. The molecule has 4 rings (SSSR count). The SMILES string of the molecule is COc1cc(C=NNc2nc(-c3ccc(Cl)cc3)cs2)ccc1OC(=O)c1ccccc1OC. The molecule has 0 atom stereocenters. The monoisotopic (exact) mass is 493 g/mol. The zero-order valence-electron chi connectivity index (χ0n) is 18.3. The zero-order valence-corrected chi connectivity index (χ0v) is 19.9. The van der Waals surface area contributed by atoms with Crippen molar-refractivity contribution in [3.8, 4) is 28.5 Å². The van der Waals surface area contributed by atoms with Crippen LogP contribution in [0, 0.1) is 0 Å². The van der Waals surface area contributed by atoms with Crippen LogP contribution in [0.15, 0.2) is 77.2 Å². The summed E-state index contributed by atoms with van der Waals surface area (Å²) < 4.78 is 16.1. The Bertz CT molecular complexity index is 1320. The molecule has 3 aromatic carbocycles. The Morgan fingerprint density at radius 1 is 1.00 bits per heavy atom. The zero-order chi connectivity index (χ0) is 23.9. The van der Waals surface area contributed by atoms with Gasteiger partial charge in [0.1, 0.15) is 11.3 Å². The van der Waals surface area contributed by atoms with Crippen molar-refractivity contribution in [1.82, 2.24) is 4.98 Å². The molecule has 0 unspecified atom stereocenters. The van der Waals surface area contributed by atoms with E-state index in [2.05, 4.69) is 15.5 Å². The van der Waals surface area contributed by atoms with Gasteiger partial charge in [-0.15, -0.1) is 11.3 Å². The van der Waals surface area contributed by atoms with Gasteiger partial charge in [-0.1, -0.05) is 35.9 Å². The predicted octanol–water partition coefficient (Wildman–Crippen LogP) is 6.15. The number of benzene rings is 3. The third kappa shape index (κ3) is 5.54. The topological polar surface area (TPSA) is 82.0 Å². The highest BCUT2D eigenvalue weighted by Gasteiger charge is 2.16. The molecule has 0 saturated heterocycles. The van der Waals surface area contributed by atoms with E-state index in [9.17, 15) is 4.79 Å². The molecule has 4 aromatic rings. The first-order valence-corrected chi connectivity index (χ1v) is 11.4. The summed E-state index contributed by atoms with van der Waals surface area (Å²) in [5, 5.41) is 7.51. The largest absolute Gasteiger partial charge is 0.496 e. The Balaban J connectivity index is 1.42. The normalized spacial score (nSPS) is 10.8. The van der Waals surface area contributed by atoms with E-state index < -0.39 is 5.97 Å². The van der Waals surface area contributed by atoms with Crippen molar-refractivity contribution in [3.05, 3.63) is 88.3 Å². The lowest BCUT2D eigenvalue weighted by atomic mass is 10.2. The van der Waals surface area contributed by atoms with Crippen molar-refractivity contribution in [2.75, 3.05) is 19.6 Å². The van der Waals surface area contributed by atoms with Gasteiger partial charge in [0, 0.05) is 16.0 Å². The van der Waals surface area contributed by atoms with Gasteiger partial charge in [0.05, 0.1) is 26.1 Å². The molecule has 0 amide bonds. The van der Waals surface area contributed by atoms with Gasteiger partial charge >= 0.3 is 5.97 Å². The number of methoxy groups -OCH3 is 2. The number of esters is 1. The summed E-state index contributed by atoms with van der Waals surface area (Å²) in [4.78, 5) is 17.1. The first-order chi connectivity index (χ1) is 16.6. The summed E-state index contributed by atoms with van der Waals surface area (Å²) in [5.41, 5.74) is 5.80. The molecule has 9 heteroatoms. The Labute approximate surface area is 205 Å². The second-order valence-corrected chi connectivity index (χ2v) is 8.21. The molecule has 0 aliphatic carbocycles. The van der Waals surface area contributed by atoms with Crippen LogP contribution in [0.1, 0.15) is 15.9 Å². The molecule has 0 fully saturated rings. The van der Waals surface area contributed by atoms with E-state index in [1.165, 1.54) is 25.6 Å². The van der Waals surface area contributed by atoms with Crippen LogP contribution in [0.3, 0.4) is 0 Å². The quantitative estimate of drug-likeness (QED) is 0.137. The van der Waals surface area contributed by atoms with Crippen LogP contribution in [-0.2, 0) is 0 Å². The van der Waals surface area contributed by atoms with Crippen molar-refractivity contribution in [2.24, 2.45) is 5.10 Å². The highest BCUT2D eigenvalue weighted by Crippen LogP contribution is 2.30. The lowest BCUT2D eigenvalue weighted by molar-refractivity contribution is 0.0726. The Hall–Kier alpha value is -3.88. The lowest BCUT2D eigenvalue weighted by Crippen LogP contribution is -2.10. The van der Waals surface area contributed by atoms with Gasteiger partial charge in [0.15, 0.2) is 11.5 Å². The maximum Gasteiger partial charge on any atom is 0.347 e. The number of anilines is 1. The van der Waals surface area contributed by atoms with Gasteiger partial charge in [0.25, 0.3) is 0 Å². The molecule has 0 bridgehead atoms. The average molecular weight is 494 g/mol. The summed E-state index contributed by atoms with van der Waals surface area (Å²) in [6.07, 6.45) is 1.62. The van der Waals surface area contributed by atoms with Gasteiger partial charge in [-0.25, -0.2) is 9.78 Å². The van der Waals surface area contributed by atoms with Gasteiger partial charge in [0.2, 0.25) is 5.13 Å². The Kier molecular flexibility index (Phi) is 7.41.